The Morgan fingerprint density at radius 1 is 1.32 bits per heavy atom. The molecule has 1 aliphatic rings. The molecule has 0 aliphatic heterocycles. The maximum atomic E-state index is 10.8. The van der Waals surface area contributed by atoms with Crippen molar-refractivity contribution in [3.8, 4) is 0 Å². The molecule has 0 atom stereocenters. The van der Waals surface area contributed by atoms with E-state index in [0.717, 1.165) is 43.2 Å². The summed E-state index contributed by atoms with van der Waals surface area (Å²) in [5, 5.41) is 13.1. The molecule has 0 saturated heterocycles. The van der Waals surface area contributed by atoms with E-state index in [-0.39, 0.29) is 5.92 Å². The molecule has 0 spiro atoms. The molecule has 1 fully saturated rings. The first-order valence-electron chi connectivity index (χ1n) is 6.92. The van der Waals surface area contributed by atoms with Crippen LogP contribution in [-0.2, 0) is 11.3 Å². The average Bonchev–Trinajstić information content (AvgIpc) is 2.39. The van der Waals surface area contributed by atoms with Crippen molar-refractivity contribution < 1.29 is 15.2 Å². The lowest BCUT2D eigenvalue weighted by Crippen LogP contribution is -2.84. The number of halogens is 1. The van der Waals surface area contributed by atoms with E-state index < -0.39 is 5.97 Å². The van der Waals surface area contributed by atoms with Crippen molar-refractivity contribution in [3.05, 3.63) is 34.3 Å². The molecule has 2 rings (SSSR count). The van der Waals surface area contributed by atoms with Crippen LogP contribution in [-0.4, -0.2) is 12.5 Å². The van der Waals surface area contributed by atoms with Gasteiger partial charge in [-0.05, 0) is 43.7 Å². The number of hydrogen-bond acceptors (Lipinski definition) is 2. The second-order valence-electron chi connectivity index (χ2n) is 5.40. The third-order valence-electron chi connectivity index (χ3n) is 3.95. The lowest BCUT2D eigenvalue weighted by Gasteiger charge is -2.27. The van der Waals surface area contributed by atoms with E-state index in [4.69, 9.17) is 0 Å². The fourth-order valence-electron chi connectivity index (χ4n) is 2.78. The molecule has 3 nitrogen and oxygen atoms in total. The van der Waals surface area contributed by atoms with Gasteiger partial charge < -0.3 is 15.2 Å². The van der Waals surface area contributed by atoms with Crippen LogP contribution in [0.15, 0.2) is 28.7 Å². The minimum Gasteiger partial charge on any atom is -0.550 e. The van der Waals surface area contributed by atoms with E-state index in [9.17, 15) is 9.90 Å². The van der Waals surface area contributed by atoms with Crippen molar-refractivity contribution in [2.45, 2.75) is 32.2 Å². The predicted octanol–water partition coefficient (Wildman–Crippen LogP) is 1.07. The third kappa shape index (κ3) is 4.62. The molecule has 1 aromatic carbocycles. The van der Waals surface area contributed by atoms with E-state index in [1.165, 1.54) is 5.56 Å². The summed E-state index contributed by atoms with van der Waals surface area (Å²) in [6.45, 7) is 2.08. The molecule has 0 aromatic heterocycles. The van der Waals surface area contributed by atoms with Gasteiger partial charge in [0.1, 0.15) is 6.54 Å². The largest absolute Gasteiger partial charge is 0.550 e. The van der Waals surface area contributed by atoms with Crippen molar-refractivity contribution in [1.29, 1.82) is 0 Å². The van der Waals surface area contributed by atoms with Gasteiger partial charge in [-0.3, -0.25) is 0 Å². The summed E-state index contributed by atoms with van der Waals surface area (Å²) in [6, 6.07) is 8.36. The summed E-state index contributed by atoms with van der Waals surface area (Å²) in [4.78, 5) is 10.8. The number of quaternary nitrogens is 1. The summed E-state index contributed by atoms with van der Waals surface area (Å²) < 4.78 is 1.12. The first kappa shape index (κ1) is 14.5. The zero-order chi connectivity index (χ0) is 13.7. The molecule has 1 aromatic rings. The molecule has 2 N–H and O–H groups in total. The van der Waals surface area contributed by atoms with Crippen LogP contribution in [0.1, 0.15) is 31.2 Å². The molecule has 0 unspecified atom stereocenters. The Balaban J connectivity index is 1.68. The van der Waals surface area contributed by atoms with Gasteiger partial charge in [0.15, 0.2) is 0 Å². The molecule has 4 heteroatoms. The molecular weight excluding hydrogens is 306 g/mol. The second kappa shape index (κ2) is 7.06. The van der Waals surface area contributed by atoms with Crippen LogP contribution in [0.5, 0.6) is 0 Å². The van der Waals surface area contributed by atoms with Crippen molar-refractivity contribution >= 4 is 21.9 Å². The van der Waals surface area contributed by atoms with Gasteiger partial charge in [-0.15, -0.1) is 0 Å². The Morgan fingerprint density at radius 2 is 2.05 bits per heavy atom. The zero-order valence-corrected chi connectivity index (χ0v) is 12.6. The Hall–Kier alpha value is -0.870. The Kier molecular flexibility index (Phi) is 5.40. The van der Waals surface area contributed by atoms with Gasteiger partial charge in [0.2, 0.25) is 0 Å². The molecule has 19 heavy (non-hydrogen) atoms. The smallest absolute Gasteiger partial charge is 0.101 e. The number of carboxylic acid groups (broad SMARTS) is 1. The van der Waals surface area contributed by atoms with Crippen LogP contribution < -0.4 is 10.4 Å². The maximum Gasteiger partial charge on any atom is 0.101 e. The van der Waals surface area contributed by atoms with Crippen molar-refractivity contribution in [3.63, 3.8) is 0 Å². The highest BCUT2D eigenvalue weighted by atomic mass is 79.9. The molecule has 0 heterocycles. The van der Waals surface area contributed by atoms with Crippen LogP contribution >= 0.6 is 15.9 Å². The summed E-state index contributed by atoms with van der Waals surface area (Å²) in [6.07, 6.45) is 3.62. The van der Waals surface area contributed by atoms with Crippen LogP contribution in [0.4, 0.5) is 0 Å². The number of rotatable bonds is 5. The number of carbonyl (C=O) groups is 1. The molecule has 1 saturated carbocycles. The predicted molar refractivity (Wildman–Crippen MR) is 75.1 cm³/mol. The zero-order valence-electron chi connectivity index (χ0n) is 11.0. The lowest BCUT2D eigenvalue weighted by atomic mass is 9.82. The van der Waals surface area contributed by atoms with Gasteiger partial charge in [0.25, 0.3) is 0 Å². The molecule has 0 radical (unpaired) electrons. The quantitative estimate of drug-likeness (QED) is 0.880. The van der Waals surface area contributed by atoms with E-state index in [1.807, 2.05) is 6.07 Å². The Bertz CT molecular complexity index is 428. The number of aliphatic carboxylic acids is 1. The number of nitrogens with two attached hydrogens (primary N) is 1. The minimum atomic E-state index is -0.864. The minimum absolute atomic E-state index is 0.207. The Morgan fingerprint density at radius 3 is 2.68 bits per heavy atom. The fraction of sp³-hybridized carbons (Fsp3) is 0.533. The van der Waals surface area contributed by atoms with Crippen LogP contribution in [0.3, 0.4) is 0 Å². The van der Waals surface area contributed by atoms with Gasteiger partial charge in [-0.25, -0.2) is 0 Å². The number of carbonyl (C=O) groups excluding carboxylic acids is 1. The Labute approximate surface area is 122 Å². The van der Waals surface area contributed by atoms with Gasteiger partial charge in [0, 0.05) is 21.9 Å². The van der Waals surface area contributed by atoms with Crippen molar-refractivity contribution in [2.75, 3.05) is 6.54 Å². The maximum absolute atomic E-state index is 10.8. The first-order chi connectivity index (χ1) is 9.15. The normalized spacial score (nSPS) is 23.2. The molecular formula is C15H20BrNO2. The summed E-state index contributed by atoms with van der Waals surface area (Å²) >= 11 is 3.48. The van der Waals surface area contributed by atoms with Crippen molar-refractivity contribution in [2.24, 2.45) is 11.8 Å². The molecule has 1 aliphatic carbocycles. The first-order valence-corrected chi connectivity index (χ1v) is 7.71. The van der Waals surface area contributed by atoms with E-state index in [2.05, 4.69) is 39.4 Å². The van der Waals surface area contributed by atoms with E-state index in [0.29, 0.717) is 5.92 Å². The lowest BCUT2D eigenvalue weighted by molar-refractivity contribution is -0.676. The fourth-order valence-corrected chi connectivity index (χ4v) is 3.23. The molecule has 0 bridgehead atoms. The standard InChI is InChI=1S/C15H20BrNO2/c16-14-3-1-2-12(8-14)10-17-9-11-4-6-13(7-5-11)15(18)19/h1-3,8,11,13,17H,4-7,9-10H2,(H,18,19). The number of carboxylic acids is 1. The van der Waals surface area contributed by atoms with Gasteiger partial charge in [-0.2, -0.15) is 0 Å². The third-order valence-corrected chi connectivity index (χ3v) is 4.44. The monoisotopic (exact) mass is 325 g/mol. The summed E-state index contributed by atoms with van der Waals surface area (Å²) in [5.41, 5.74) is 1.32. The van der Waals surface area contributed by atoms with Crippen LogP contribution in [0, 0.1) is 11.8 Å². The van der Waals surface area contributed by atoms with Gasteiger partial charge >= 0.3 is 0 Å². The SMILES string of the molecule is O=C([O-])C1CCC(C[NH2+]Cc2cccc(Br)c2)CC1. The van der Waals surface area contributed by atoms with Crippen molar-refractivity contribution in [1.82, 2.24) is 0 Å². The topological polar surface area (TPSA) is 56.7 Å². The van der Waals surface area contributed by atoms with Gasteiger partial charge in [0.05, 0.1) is 6.54 Å². The average molecular weight is 326 g/mol. The summed E-state index contributed by atoms with van der Waals surface area (Å²) in [7, 11) is 0. The highest BCUT2D eigenvalue weighted by Crippen LogP contribution is 2.27. The highest BCUT2D eigenvalue weighted by molar-refractivity contribution is 9.10. The van der Waals surface area contributed by atoms with Crippen LogP contribution in [0.25, 0.3) is 0 Å². The molecule has 104 valence electrons. The second-order valence-corrected chi connectivity index (χ2v) is 6.31. The van der Waals surface area contributed by atoms with E-state index in [1.54, 1.807) is 0 Å². The van der Waals surface area contributed by atoms with Gasteiger partial charge in [-0.1, -0.05) is 28.1 Å². The van der Waals surface area contributed by atoms with E-state index >= 15 is 0 Å². The number of hydrogen-bond donors (Lipinski definition) is 1. The summed E-state index contributed by atoms with van der Waals surface area (Å²) in [5.74, 6) is -0.416. The number of benzene rings is 1. The highest BCUT2D eigenvalue weighted by Gasteiger charge is 2.22. The van der Waals surface area contributed by atoms with Crippen LogP contribution in [0.2, 0.25) is 0 Å². The molecule has 0 amide bonds.